The number of rotatable bonds is 5. The lowest BCUT2D eigenvalue weighted by Crippen LogP contribution is -2.15. The molecule has 8 nitrogen and oxygen atoms in total. The van der Waals surface area contributed by atoms with Crippen LogP contribution in [0.25, 0.3) is 0 Å². The number of aliphatic carboxylic acids is 1. The van der Waals surface area contributed by atoms with Gasteiger partial charge in [-0.3, -0.25) is 10.1 Å². The van der Waals surface area contributed by atoms with E-state index in [0.717, 1.165) is 7.11 Å². The maximum Gasteiger partial charge on any atom is 0.354 e. The largest absolute Gasteiger partial charge is 0.478 e. The Bertz CT molecular complexity index is 552. The van der Waals surface area contributed by atoms with E-state index < -0.39 is 22.6 Å². The molecule has 8 heteroatoms. The van der Waals surface area contributed by atoms with E-state index in [0.29, 0.717) is 6.08 Å². The van der Waals surface area contributed by atoms with Gasteiger partial charge in [-0.05, 0) is 6.07 Å². The number of nitrogens with one attached hydrogen (secondary N) is 1. The van der Waals surface area contributed by atoms with Gasteiger partial charge >= 0.3 is 11.9 Å². The molecule has 0 aromatic heterocycles. The first kappa shape index (κ1) is 14.2. The van der Waals surface area contributed by atoms with Crippen LogP contribution in [0.15, 0.2) is 36.0 Å². The second kappa shape index (κ2) is 6.15. The normalized spacial score (nSPS) is 10.7. The molecule has 0 unspecified atom stereocenters. The monoisotopic (exact) mass is 266 g/mol. The minimum absolute atomic E-state index is 0.00889. The van der Waals surface area contributed by atoms with Crippen LogP contribution < -0.4 is 5.32 Å². The molecule has 0 heterocycles. The van der Waals surface area contributed by atoms with Crippen LogP contribution in [-0.2, 0) is 14.3 Å². The number of methoxy groups -OCH3 is 1. The summed E-state index contributed by atoms with van der Waals surface area (Å²) in [6.45, 7) is 0. The molecule has 0 bridgehead atoms. The summed E-state index contributed by atoms with van der Waals surface area (Å²) in [7, 11) is 1.07. The van der Waals surface area contributed by atoms with Gasteiger partial charge in [-0.15, -0.1) is 0 Å². The molecule has 19 heavy (non-hydrogen) atoms. The van der Waals surface area contributed by atoms with Crippen molar-refractivity contribution in [3.63, 3.8) is 0 Å². The molecule has 1 aromatic rings. The molecular weight excluding hydrogens is 256 g/mol. The van der Waals surface area contributed by atoms with Crippen molar-refractivity contribution in [2.75, 3.05) is 12.4 Å². The third-order valence-electron chi connectivity index (χ3n) is 2.04. The summed E-state index contributed by atoms with van der Waals surface area (Å²) in [5, 5.41) is 21.8. The Balaban J connectivity index is 3.14. The number of nitro groups is 1. The SMILES string of the molecule is COC(=O)C(=CC(=O)O)Nc1ccccc1[N+](=O)[O-]. The Morgan fingerprint density at radius 2 is 2.05 bits per heavy atom. The second-order valence-electron chi connectivity index (χ2n) is 3.29. The van der Waals surface area contributed by atoms with E-state index in [1.54, 1.807) is 0 Å². The number of esters is 1. The fourth-order valence-corrected chi connectivity index (χ4v) is 1.26. The Morgan fingerprint density at radius 1 is 1.42 bits per heavy atom. The molecular formula is C11H10N2O6. The quantitative estimate of drug-likeness (QED) is 0.355. The predicted molar refractivity (Wildman–Crippen MR) is 64.5 cm³/mol. The van der Waals surface area contributed by atoms with Crippen molar-refractivity contribution in [1.29, 1.82) is 0 Å². The lowest BCUT2D eigenvalue weighted by molar-refractivity contribution is -0.383. The standard InChI is InChI=1S/C11H10N2O6/c1-19-11(16)8(6-10(14)15)12-7-4-2-3-5-9(7)13(17)18/h2-6,12H,1H3,(H,14,15). The molecule has 0 saturated heterocycles. The fraction of sp³-hybridized carbons (Fsp3) is 0.0909. The van der Waals surface area contributed by atoms with Gasteiger partial charge in [0.25, 0.3) is 5.69 Å². The Hall–Kier alpha value is -2.90. The molecule has 2 N–H and O–H groups in total. The zero-order chi connectivity index (χ0) is 14.4. The molecule has 1 rings (SSSR count). The lowest BCUT2D eigenvalue weighted by Gasteiger charge is -2.08. The van der Waals surface area contributed by atoms with Crippen LogP contribution in [0.2, 0.25) is 0 Å². The zero-order valence-corrected chi connectivity index (χ0v) is 9.82. The van der Waals surface area contributed by atoms with E-state index in [1.165, 1.54) is 24.3 Å². The highest BCUT2D eigenvalue weighted by molar-refractivity contribution is 5.98. The minimum Gasteiger partial charge on any atom is -0.478 e. The van der Waals surface area contributed by atoms with Gasteiger partial charge in [0.2, 0.25) is 0 Å². The average Bonchev–Trinajstić information content (AvgIpc) is 2.36. The first-order valence-electron chi connectivity index (χ1n) is 4.99. The molecule has 0 atom stereocenters. The number of ether oxygens (including phenoxy) is 1. The highest BCUT2D eigenvalue weighted by Gasteiger charge is 2.18. The van der Waals surface area contributed by atoms with Crippen molar-refractivity contribution in [3.8, 4) is 0 Å². The summed E-state index contributed by atoms with van der Waals surface area (Å²) < 4.78 is 4.38. The van der Waals surface area contributed by atoms with E-state index in [2.05, 4.69) is 10.1 Å². The number of nitrogens with zero attached hydrogens (tertiary/aromatic N) is 1. The molecule has 0 amide bonds. The van der Waals surface area contributed by atoms with Crippen molar-refractivity contribution in [1.82, 2.24) is 0 Å². The number of carbonyl (C=O) groups excluding carboxylic acids is 1. The summed E-state index contributed by atoms with van der Waals surface area (Å²) in [5.41, 5.74) is -0.711. The Kier molecular flexibility index (Phi) is 4.58. The van der Waals surface area contributed by atoms with Crippen molar-refractivity contribution in [2.45, 2.75) is 0 Å². The Morgan fingerprint density at radius 3 is 2.58 bits per heavy atom. The van der Waals surface area contributed by atoms with Crippen LogP contribution in [-0.4, -0.2) is 29.1 Å². The van der Waals surface area contributed by atoms with E-state index in [1.807, 2.05) is 0 Å². The zero-order valence-electron chi connectivity index (χ0n) is 9.82. The van der Waals surface area contributed by atoms with E-state index in [9.17, 15) is 19.7 Å². The summed E-state index contributed by atoms with van der Waals surface area (Å²) in [4.78, 5) is 32.1. The maximum absolute atomic E-state index is 11.3. The maximum atomic E-state index is 11.3. The average molecular weight is 266 g/mol. The van der Waals surface area contributed by atoms with Crippen LogP contribution in [0.4, 0.5) is 11.4 Å². The minimum atomic E-state index is -1.38. The number of hydrogen-bond donors (Lipinski definition) is 2. The number of carbonyl (C=O) groups is 2. The van der Waals surface area contributed by atoms with Gasteiger partial charge in [-0.25, -0.2) is 9.59 Å². The summed E-state index contributed by atoms with van der Waals surface area (Å²) in [6, 6.07) is 5.52. The first-order valence-corrected chi connectivity index (χ1v) is 4.99. The number of benzene rings is 1. The molecule has 0 aliphatic carbocycles. The highest BCUT2D eigenvalue weighted by Crippen LogP contribution is 2.24. The Labute approximate surface area is 107 Å². The summed E-state index contributed by atoms with van der Waals surface area (Å²) in [5.74, 6) is -2.33. The van der Waals surface area contributed by atoms with Crippen LogP contribution in [0.5, 0.6) is 0 Å². The second-order valence-corrected chi connectivity index (χ2v) is 3.29. The van der Waals surface area contributed by atoms with Gasteiger partial charge in [-0.2, -0.15) is 0 Å². The molecule has 0 spiro atoms. The first-order chi connectivity index (χ1) is 8.95. The van der Waals surface area contributed by atoms with Gasteiger partial charge in [-0.1, -0.05) is 12.1 Å². The third kappa shape index (κ3) is 3.80. The number of nitro benzene ring substituents is 1. The predicted octanol–water partition coefficient (Wildman–Crippen LogP) is 1.15. The van der Waals surface area contributed by atoms with Crippen molar-refractivity contribution in [2.24, 2.45) is 0 Å². The van der Waals surface area contributed by atoms with Gasteiger partial charge < -0.3 is 15.2 Å². The molecule has 100 valence electrons. The molecule has 0 radical (unpaired) electrons. The van der Waals surface area contributed by atoms with Crippen molar-refractivity contribution < 1.29 is 24.4 Å². The number of hydrogen-bond acceptors (Lipinski definition) is 6. The highest BCUT2D eigenvalue weighted by atomic mass is 16.6. The van der Waals surface area contributed by atoms with Crippen molar-refractivity contribution >= 4 is 23.3 Å². The third-order valence-corrected chi connectivity index (χ3v) is 2.04. The smallest absolute Gasteiger partial charge is 0.354 e. The van der Waals surface area contributed by atoms with Crippen LogP contribution in [0.3, 0.4) is 0 Å². The molecule has 0 aliphatic rings. The number of carboxylic acid groups (broad SMARTS) is 1. The van der Waals surface area contributed by atoms with Crippen molar-refractivity contribution in [3.05, 3.63) is 46.2 Å². The summed E-state index contributed by atoms with van der Waals surface area (Å²) >= 11 is 0. The lowest BCUT2D eigenvalue weighted by atomic mass is 10.2. The van der Waals surface area contributed by atoms with Crippen LogP contribution in [0, 0.1) is 10.1 Å². The molecule has 1 aromatic carbocycles. The van der Waals surface area contributed by atoms with E-state index in [-0.39, 0.29) is 11.4 Å². The van der Waals surface area contributed by atoms with Gasteiger partial charge in [0.1, 0.15) is 11.4 Å². The summed E-state index contributed by atoms with van der Waals surface area (Å²) in [6.07, 6.45) is 0.572. The molecule has 0 aliphatic heterocycles. The van der Waals surface area contributed by atoms with Crippen LogP contribution in [0.1, 0.15) is 0 Å². The molecule has 0 saturated carbocycles. The molecule has 0 fully saturated rings. The van der Waals surface area contributed by atoms with Gasteiger partial charge in [0.15, 0.2) is 0 Å². The van der Waals surface area contributed by atoms with Crippen LogP contribution >= 0.6 is 0 Å². The van der Waals surface area contributed by atoms with E-state index in [4.69, 9.17) is 5.11 Å². The van der Waals surface area contributed by atoms with Gasteiger partial charge in [0, 0.05) is 6.07 Å². The topological polar surface area (TPSA) is 119 Å². The number of carboxylic acids is 1. The van der Waals surface area contributed by atoms with Gasteiger partial charge in [0.05, 0.1) is 18.1 Å². The number of para-hydroxylation sites is 2. The van der Waals surface area contributed by atoms with E-state index >= 15 is 0 Å². The fourth-order valence-electron chi connectivity index (χ4n) is 1.26. The number of anilines is 1.